The summed E-state index contributed by atoms with van der Waals surface area (Å²) in [6.45, 7) is 9.43. The van der Waals surface area contributed by atoms with E-state index in [0.717, 1.165) is 32.4 Å². The van der Waals surface area contributed by atoms with Gasteiger partial charge in [-0.3, -0.25) is 0 Å². The molecule has 1 aliphatic rings. The minimum atomic E-state index is -0.437. The smallest absolute Gasteiger partial charge is 0.410 e. The molecular weight excluding hydrogens is 288 g/mol. The molecule has 1 aliphatic heterocycles. The van der Waals surface area contributed by atoms with Gasteiger partial charge in [0, 0.05) is 25.2 Å². The fourth-order valence-corrected chi connectivity index (χ4v) is 3.03. The van der Waals surface area contributed by atoms with E-state index >= 15 is 0 Å². The van der Waals surface area contributed by atoms with Gasteiger partial charge in [-0.2, -0.15) is 0 Å². The van der Waals surface area contributed by atoms with Crippen molar-refractivity contribution >= 4 is 6.09 Å². The summed E-state index contributed by atoms with van der Waals surface area (Å²) in [4.78, 5) is 14.1. The van der Waals surface area contributed by atoms with E-state index in [-0.39, 0.29) is 6.09 Å². The van der Waals surface area contributed by atoms with Crippen LogP contribution >= 0.6 is 0 Å². The number of nitrogens with one attached hydrogen (secondary N) is 1. The van der Waals surface area contributed by atoms with E-state index in [2.05, 4.69) is 36.5 Å². The topological polar surface area (TPSA) is 41.6 Å². The molecule has 0 radical (unpaired) electrons. The van der Waals surface area contributed by atoms with Gasteiger partial charge >= 0.3 is 6.09 Å². The number of piperidine rings is 1. The summed E-state index contributed by atoms with van der Waals surface area (Å²) < 4.78 is 5.50. The molecule has 1 fully saturated rings. The van der Waals surface area contributed by atoms with Crippen molar-refractivity contribution in [3.8, 4) is 0 Å². The third-order valence-electron chi connectivity index (χ3n) is 4.12. The van der Waals surface area contributed by atoms with Crippen LogP contribution in [0, 0.1) is 0 Å². The Kier molecular flexibility index (Phi) is 6.05. The first-order valence-electron chi connectivity index (χ1n) is 8.68. The molecule has 1 aromatic rings. The Balaban J connectivity index is 1.94. The van der Waals surface area contributed by atoms with Crippen molar-refractivity contribution in [2.24, 2.45) is 0 Å². The van der Waals surface area contributed by atoms with Crippen molar-refractivity contribution in [3.63, 3.8) is 0 Å². The molecule has 0 aliphatic carbocycles. The number of benzene rings is 1. The Bertz CT molecular complexity index is 496. The lowest BCUT2D eigenvalue weighted by Crippen LogP contribution is -2.50. The quantitative estimate of drug-likeness (QED) is 0.907. The average Bonchev–Trinajstić information content (AvgIpc) is 2.52. The zero-order valence-electron chi connectivity index (χ0n) is 14.8. The van der Waals surface area contributed by atoms with Gasteiger partial charge in [0.25, 0.3) is 0 Å². The summed E-state index contributed by atoms with van der Waals surface area (Å²) in [7, 11) is 0. The van der Waals surface area contributed by atoms with Crippen molar-refractivity contribution in [1.82, 2.24) is 10.2 Å². The van der Waals surface area contributed by atoms with Crippen LogP contribution in [-0.4, -0.2) is 35.7 Å². The summed E-state index contributed by atoms with van der Waals surface area (Å²) in [6.07, 6.45) is 2.95. The van der Waals surface area contributed by atoms with E-state index in [4.69, 9.17) is 4.74 Å². The zero-order valence-corrected chi connectivity index (χ0v) is 14.8. The normalized spacial score (nSPS) is 20.2. The highest BCUT2D eigenvalue weighted by atomic mass is 16.6. The number of nitrogens with zero attached hydrogens (tertiary/aromatic N) is 1. The second kappa shape index (κ2) is 7.82. The predicted molar refractivity (Wildman–Crippen MR) is 93.4 cm³/mol. The summed E-state index contributed by atoms with van der Waals surface area (Å²) in [5, 5.41) is 3.72. The number of amides is 1. The molecule has 4 heteroatoms. The van der Waals surface area contributed by atoms with Crippen molar-refractivity contribution < 1.29 is 9.53 Å². The number of ether oxygens (including phenoxy) is 1. The molecule has 0 bridgehead atoms. The van der Waals surface area contributed by atoms with Crippen LogP contribution in [-0.2, 0) is 4.74 Å². The molecule has 23 heavy (non-hydrogen) atoms. The lowest BCUT2D eigenvalue weighted by molar-refractivity contribution is 0.0183. The summed E-state index contributed by atoms with van der Waals surface area (Å²) in [5.41, 5.74) is 0.873. The average molecular weight is 318 g/mol. The molecule has 1 saturated heterocycles. The highest BCUT2D eigenvalue weighted by molar-refractivity contribution is 5.68. The van der Waals surface area contributed by atoms with Crippen LogP contribution in [0.5, 0.6) is 0 Å². The first-order valence-corrected chi connectivity index (χ1v) is 8.68. The molecule has 2 unspecified atom stereocenters. The van der Waals surface area contributed by atoms with E-state index in [1.807, 2.05) is 31.7 Å². The number of hydrogen-bond donors (Lipinski definition) is 1. The van der Waals surface area contributed by atoms with E-state index in [0.29, 0.717) is 12.1 Å². The minimum Gasteiger partial charge on any atom is -0.444 e. The number of carbonyl (C=O) groups excluding carboxylic acids is 1. The van der Waals surface area contributed by atoms with E-state index in [1.54, 1.807) is 0 Å². The second-order valence-electron chi connectivity index (χ2n) is 7.30. The molecule has 1 amide bonds. The van der Waals surface area contributed by atoms with E-state index < -0.39 is 5.60 Å². The first kappa shape index (κ1) is 17.8. The largest absolute Gasteiger partial charge is 0.444 e. The maximum Gasteiger partial charge on any atom is 0.410 e. The third-order valence-corrected chi connectivity index (χ3v) is 4.12. The molecule has 2 rings (SSSR count). The Hall–Kier alpha value is -1.55. The van der Waals surface area contributed by atoms with Crippen molar-refractivity contribution in [2.75, 3.05) is 13.1 Å². The molecule has 0 saturated carbocycles. The minimum absolute atomic E-state index is 0.197. The second-order valence-corrected chi connectivity index (χ2v) is 7.30. The van der Waals surface area contributed by atoms with Gasteiger partial charge in [-0.05, 0) is 45.6 Å². The number of hydrogen-bond acceptors (Lipinski definition) is 3. The van der Waals surface area contributed by atoms with Gasteiger partial charge in [0.2, 0.25) is 0 Å². The fraction of sp³-hybridized carbons (Fsp3) is 0.632. The maximum absolute atomic E-state index is 12.3. The number of rotatable bonds is 4. The predicted octanol–water partition coefficient (Wildman–Crippen LogP) is 4.13. The van der Waals surface area contributed by atoms with Crippen LogP contribution in [0.4, 0.5) is 4.79 Å². The Morgan fingerprint density at radius 1 is 1.35 bits per heavy atom. The first-order chi connectivity index (χ1) is 10.9. The van der Waals surface area contributed by atoms with Crippen LogP contribution in [0.15, 0.2) is 30.3 Å². The standard InChI is InChI=1S/C19H30N2O2/c1-5-17(15-10-7-6-8-11-15)20-16-12-9-13-21(14-16)18(22)23-19(2,3)4/h6-8,10-11,16-17,20H,5,9,12-14H2,1-4H3. The lowest BCUT2D eigenvalue weighted by atomic mass is 10.00. The highest BCUT2D eigenvalue weighted by Crippen LogP contribution is 2.21. The monoisotopic (exact) mass is 318 g/mol. The molecule has 4 nitrogen and oxygen atoms in total. The molecule has 0 aromatic heterocycles. The van der Waals surface area contributed by atoms with Crippen LogP contribution < -0.4 is 5.32 Å². The van der Waals surface area contributed by atoms with E-state index in [1.165, 1.54) is 5.56 Å². The van der Waals surface area contributed by atoms with Gasteiger partial charge in [-0.1, -0.05) is 37.3 Å². The van der Waals surface area contributed by atoms with E-state index in [9.17, 15) is 4.79 Å². The summed E-state index contributed by atoms with van der Waals surface area (Å²) in [5.74, 6) is 0. The molecule has 1 N–H and O–H groups in total. The zero-order chi connectivity index (χ0) is 16.9. The maximum atomic E-state index is 12.3. The van der Waals surface area contributed by atoms with Gasteiger partial charge in [0.1, 0.15) is 5.60 Å². The molecule has 128 valence electrons. The van der Waals surface area contributed by atoms with Gasteiger partial charge < -0.3 is 15.0 Å². The number of carbonyl (C=O) groups is 1. The van der Waals surface area contributed by atoms with Crippen LogP contribution in [0.3, 0.4) is 0 Å². The highest BCUT2D eigenvalue weighted by Gasteiger charge is 2.28. The van der Waals surface area contributed by atoms with Gasteiger partial charge in [0.15, 0.2) is 0 Å². The Morgan fingerprint density at radius 2 is 2.04 bits per heavy atom. The van der Waals surface area contributed by atoms with Crippen LogP contribution in [0.25, 0.3) is 0 Å². The molecular formula is C19H30N2O2. The Labute approximate surface area is 140 Å². The Morgan fingerprint density at radius 3 is 2.65 bits per heavy atom. The van der Waals surface area contributed by atoms with Crippen molar-refractivity contribution in [1.29, 1.82) is 0 Å². The van der Waals surface area contributed by atoms with Crippen molar-refractivity contribution in [2.45, 2.75) is 64.6 Å². The molecule has 1 heterocycles. The third kappa shape index (κ3) is 5.54. The number of likely N-dealkylation sites (tertiary alicyclic amines) is 1. The summed E-state index contributed by atoms with van der Waals surface area (Å²) >= 11 is 0. The summed E-state index contributed by atoms with van der Waals surface area (Å²) in [6, 6.07) is 11.2. The molecule has 1 aromatic carbocycles. The fourth-order valence-electron chi connectivity index (χ4n) is 3.03. The van der Waals surface area contributed by atoms with Crippen LogP contribution in [0.1, 0.15) is 58.6 Å². The van der Waals surface area contributed by atoms with Gasteiger partial charge in [-0.25, -0.2) is 4.79 Å². The van der Waals surface area contributed by atoms with Crippen LogP contribution in [0.2, 0.25) is 0 Å². The lowest BCUT2D eigenvalue weighted by Gasteiger charge is -2.36. The van der Waals surface area contributed by atoms with Gasteiger partial charge in [0.05, 0.1) is 0 Å². The van der Waals surface area contributed by atoms with Crippen molar-refractivity contribution in [3.05, 3.63) is 35.9 Å². The SMILES string of the molecule is CCC(NC1CCCN(C(=O)OC(C)(C)C)C1)c1ccccc1. The molecule has 0 spiro atoms. The molecule has 2 atom stereocenters. The van der Waals surface area contributed by atoms with Gasteiger partial charge in [-0.15, -0.1) is 0 Å².